The molecule has 6 heteroatoms. The van der Waals surface area contributed by atoms with Gasteiger partial charge in [-0.3, -0.25) is 0 Å². The standard InChI is InChI=1S/C8H11NO3S2/c1-8(2)6-4-13-7(14(9,10)11)5(6)3-12-8/h4H,3H2,1-2H3,(H2,9,10,11). The van der Waals surface area contributed by atoms with E-state index in [0.717, 1.165) is 11.1 Å². The highest BCUT2D eigenvalue weighted by molar-refractivity contribution is 7.91. The van der Waals surface area contributed by atoms with Crippen LogP contribution >= 0.6 is 11.3 Å². The van der Waals surface area contributed by atoms with Gasteiger partial charge in [-0.2, -0.15) is 0 Å². The smallest absolute Gasteiger partial charge is 0.247 e. The monoisotopic (exact) mass is 233 g/mol. The molecule has 0 saturated carbocycles. The van der Waals surface area contributed by atoms with Crippen molar-refractivity contribution in [1.82, 2.24) is 0 Å². The van der Waals surface area contributed by atoms with Gasteiger partial charge in [0, 0.05) is 11.1 Å². The number of hydrogen-bond donors (Lipinski definition) is 1. The summed E-state index contributed by atoms with van der Waals surface area (Å²) in [6, 6.07) is 0. The number of fused-ring (bicyclic) bond motifs is 1. The number of thiophene rings is 1. The molecule has 0 spiro atoms. The maximum atomic E-state index is 11.2. The van der Waals surface area contributed by atoms with Gasteiger partial charge in [0.25, 0.3) is 0 Å². The van der Waals surface area contributed by atoms with E-state index in [1.54, 1.807) is 0 Å². The molecule has 4 nitrogen and oxygen atoms in total. The molecule has 0 fully saturated rings. The van der Waals surface area contributed by atoms with Gasteiger partial charge < -0.3 is 4.74 Å². The predicted octanol–water partition coefficient (Wildman–Crippen LogP) is 1.16. The molecule has 0 atom stereocenters. The Hall–Kier alpha value is -0.430. The maximum Gasteiger partial charge on any atom is 0.247 e. The lowest BCUT2D eigenvalue weighted by atomic mass is 10.0. The van der Waals surface area contributed by atoms with Crippen molar-refractivity contribution >= 4 is 21.4 Å². The van der Waals surface area contributed by atoms with Crippen LogP contribution in [0.3, 0.4) is 0 Å². The number of hydrogen-bond acceptors (Lipinski definition) is 4. The van der Waals surface area contributed by atoms with Crippen LogP contribution in [-0.4, -0.2) is 8.42 Å². The third-order valence-electron chi connectivity index (χ3n) is 2.34. The Morgan fingerprint density at radius 3 is 2.79 bits per heavy atom. The van der Waals surface area contributed by atoms with Crippen molar-refractivity contribution in [1.29, 1.82) is 0 Å². The van der Waals surface area contributed by atoms with Crippen LogP contribution in [-0.2, 0) is 27.0 Å². The van der Waals surface area contributed by atoms with Gasteiger partial charge in [-0.1, -0.05) is 0 Å². The zero-order chi connectivity index (χ0) is 10.6. The first-order chi connectivity index (χ1) is 6.32. The third kappa shape index (κ3) is 1.38. The Kier molecular flexibility index (Phi) is 2.01. The maximum absolute atomic E-state index is 11.2. The van der Waals surface area contributed by atoms with E-state index in [1.807, 2.05) is 19.2 Å². The summed E-state index contributed by atoms with van der Waals surface area (Å²) in [5.74, 6) is 0. The lowest BCUT2D eigenvalue weighted by Gasteiger charge is -2.16. The minimum absolute atomic E-state index is 0.234. The number of sulfonamides is 1. The summed E-state index contributed by atoms with van der Waals surface area (Å²) < 4.78 is 28.1. The Balaban J connectivity index is 2.63. The topological polar surface area (TPSA) is 69.4 Å². The van der Waals surface area contributed by atoms with Crippen LogP contribution in [0.4, 0.5) is 0 Å². The van der Waals surface area contributed by atoms with E-state index < -0.39 is 15.6 Å². The van der Waals surface area contributed by atoms with E-state index in [-0.39, 0.29) is 4.21 Å². The summed E-state index contributed by atoms with van der Waals surface area (Å²) in [5, 5.41) is 6.90. The largest absolute Gasteiger partial charge is 0.366 e. The first-order valence-corrected chi connectivity index (χ1v) is 6.52. The highest BCUT2D eigenvalue weighted by atomic mass is 32.2. The zero-order valence-electron chi connectivity index (χ0n) is 7.90. The van der Waals surface area contributed by atoms with Gasteiger partial charge in [0.05, 0.1) is 12.2 Å². The summed E-state index contributed by atoms with van der Waals surface area (Å²) >= 11 is 1.17. The molecule has 0 aromatic carbocycles. The second-order valence-corrected chi connectivity index (χ2v) is 6.40. The van der Waals surface area contributed by atoms with Gasteiger partial charge in [0.2, 0.25) is 10.0 Å². The Bertz CT molecular complexity index is 473. The average molecular weight is 233 g/mol. The van der Waals surface area contributed by atoms with E-state index in [0.29, 0.717) is 6.61 Å². The molecule has 2 heterocycles. The van der Waals surface area contributed by atoms with E-state index in [4.69, 9.17) is 9.88 Å². The van der Waals surface area contributed by atoms with E-state index in [2.05, 4.69) is 0 Å². The fourth-order valence-electron chi connectivity index (χ4n) is 1.58. The van der Waals surface area contributed by atoms with Gasteiger partial charge in [0.1, 0.15) is 4.21 Å². The van der Waals surface area contributed by atoms with Gasteiger partial charge in [-0.15, -0.1) is 11.3 Å². The highest BCUT2D eigenvalue weighted by Gasteiger charge is 2.36. The van der Waals surface area contributed by atoms with Crippen molar-refractivity contribution in [3.8, 4) is 0 Å². The average Bonchev–Trinajstić information content (AvgIpc) is 2.51. The van der Waals surface area contributed by atoms with Crippen molar-refractivity contribution in [2.75, 3.05) is 0 Å². The van der Waals surface area contributed by atoms with Crippen molar-refractivity contribution in [2.24, 2.45) is 5.14 Å². The zero-order valence-corrected chi connectivity index (χ0v) is 9.54. The third-order valence-corrected chi connectivity index (χ3v) is 4.90. The quantitative estimate of drug-likeness (QED) is 0.791. The Labute approximate surface area is 86.7 Å². The minimum atomic E-state index is -3.60. The van der Waals surface area contributed by atoms with Gasteiger partial charge in [-0.05, 0) is 19.2 Å². The molecule has 0 saturated heterocycles. The summed E-state index contributed by atoms with van der Waals surface area (Å²) in [5.41, 5.74) is 1.27. The fourth-order valence-corrected chi connectivity index (χ4v) is 3.73. The van der Waals surface area contributed by atoms with Gasteiger partial charge >= 0.3 is 0 Å². The van der Waals surface area contributed by atoms with E-state index in [9.17, 15) is 8.42 Å². The number of ether oxygens (including phenoxy) is 1. The molecule has 1 aliphatic rings. The highest BCUT2D eigenvalue weighted by Crippen LogP contribution is 2.41. The molecule has 2 rings (SSSR count). The van der Waals surface area contributed by atoms with Crippen LogP contribution < -0.4 is 5.14 Å². The molecule has 1 aliphatic heterocycles. The molecule has 0 aliphatic carbocycles. The van der Waals surface area contributed by atoms with Crippen molar-refractivity contribution in [2.45, 2.75) is 30.3 Å². The van der Waals surface area contributed by atoms with Crippen molar-refractivity contribution < 1.29 is 13.2 Å². The summed E-state index contributed by atoms with van der Waals surface area (Å²) in [6.07, 6.45) is 0. The molecule has 1 aromatic rings. The number of nitrogens with two attached hydrogens (primary N) is 1. The second-order valence-electron chi connectivity index (χ2n) is 3.76. The summed E-state index contributed by atoms with van der Waals surface area (Å²) in [7, 11) is -3.60. The molecular weight excluding hydrogens is 222 g/mol. The molecule has 14 heavy (non-hydrogen) atoms. The first kappa shape index (κ1) is 10.1. The molecule has 2 N–H and O–H groups in total. The van der Waals surface area contributed by atoms with Crippen LogP contribution in [0.25, 0.3) is 0 Å². The molecule has 0 bridgehead atoms. The van der Waals surface area contributed by atoms with Crippen LogP contribution in [0, 0.1) is 0 Å². The van der Waals surface area contributed by atoms with Gasteiger partial charge in [0.15, 0.2) is 0 Å². The molecule has 0 unspecified atom stereocenters. The van der Waals surface area contributed by atoms with Crippen molar-refractivity contribution in [3.05, 3.63) is 16.5 Å². The van der Waals surface area contributed by atoms with Crippen LogP contribution in [0.1, 0.15) is 25.0 Å². The molecule has 0 radical (unpaired) electrons. The lowest BCUT2D eigenvalue weighted by molar-refractivity contribution is -0.00828. The van der Waals surface area contributed by atoms with Gasteiger partial charge in [-0.25, -0.2) is 13.6 Å². The van der Waals surface area contributed by atoms with Crippen molar-refractivity contribution in [3.63, 3.8) is 0 Å². The van der Waals surface area contributed by atoms with Crippen LogP contribution in [0.5, 0.6) is 0 Å². The Morgan fingerprint density at radius 2 is 2.21 bits per heavy atom. The molecule has 78 valence electrons. The second kappa shape index (κ2) is 2.79. The van der Waals surface area contributed by atoms with E-state index in [1.165, 1.54) is 11.3 Å². The fraction of sp³-hybridized carbons (Fsp3) is 0.500. The summed E-state index contributed by atoms with van der Waals surface area (Å²) in [6.45, 7) is 4.16. The Morgan fingerprint density at radius 1 is 1.57 bits per heavy atom. The molecular formula is C8H11NO3S2. The summed E-state index contributed by atoms with van der Waals surface area (Å²) in [4.78, 5) is 0. The van der Waals surface area contributed by atoms with Crippen LogP contribution in [0.15, 0.2) is 9.59 Å². The number of rotatable bonds is 1. The van der Waals surface area contributed by atoms with E-state index >= 15 is 0 Å². The minimum Gasteiger partial charge on any atom is -0.366 e. The normalized spacial score (nSPS) is 19.6. The number of primary sulfonamides is 1. The molecule has 0 amide bonds. The van der Waals surface area contributed by atoms with Crippen LogP contribution in [0.2, 0.25) is 0 Å². The molecule has 1 aromatic heterocycles. The first-order valence-electron chi connectivity index (χ1n) is 4.10. The lowest BCUT2D eigenvalue weighted by Crippen LogP contribution is -2.13. The SMILES string of the molecule is CC1(C)OCc2c1csc2S(N)(=O)=O. The predicted molar refractivity (Wildman–Crippen MR) is 53.5 cm³/mol.